The van der Waals surface area contributed by atoms with E-state index in [2.05, 4.69) is 10.3 Å². The quantitative estimate of drug-likeness (QED) is 0.879. The zero-order valence-electron chi connectivity index (χ0n) is 12.5. The van der Waals surface area contributed by atoms with Gasteiger partial charge in [0.2, 0.25) is 5.91 Å². The molecule has 1 aromatic heterocycles. The summed E-state index contributed by atoms with van der Waals surface area (Å²) in [5.41, 5.74) is 7.29. The summed E-state index contributed by atoms with van der Waals surface area (Å²) in [7, 11) is 0. The molecule has 2 aromatic rings. The Bertz CT molecular complexity index is 679. The monoisotopic (exact) mass is 355 g/mol. The minimum atomic E-state index is -0.299. The smallest absolute Gasteiger partial charge is 0.229 e. The van der Waals surface area contributed by atoms with Crippen molar-refractivity contribution in [2.24, 2.45) is 11.7 Å². The van der Waals surface area contributed by atoms with Crippen LogP contribution in [0, 0.1) is 11.7 Å². The maximum atomic E-state index is 13.2. The molecule has 1 amide bonds. The van der Waals surface area contributed by atoms with Gasteiger partial charge in [-0.2, -0.15) is 0 Å². The molecule has 7 heteroatoms. The standard InChI is InChI=1S/C16H18FN3OS.ClH/c17-12-5-1-3-10(7-12)14-9-22-16(19-14)20-15(21)11-4-2-6-13(18)8-11;/h1,3,5,7,9,11,13H,2,4,6,8,18H2,(H,19,20,21);1H. The van der Waals surface area contributed by atoms with Crippen LogP contribution in [0.1, 0.15) is 25.7 Å². The summed E-state index contributed by atoms with van der Waals surface area (Å²) in [5.74, 6) is -0.354. The van der Waals surface area contributed by atoms with E-state index in [0.717, 1.165) is 25.7 Å². The number of anilines is 1. The molecular weight excluding hydrogens is 337 g/mol. The third-order valence-electron chi connectivity index (χ3n) is 3.94. The van der Waals surface area contributed by atoms with E-state index in [1.807, 2.05) is 5.38 Å². The number of hydrogen-bond acceptors (Lipinski definition) is 4. The van der Waals surface area contributed by atoms with Crippen LogP contribution < -0.4 is 11.1 Å². The van der Waals surface area contributed by atoms with Gasteiger partial charge in [-0.05, 0) is 31.4 Å². The first-order chi connectivity index (χ1) is 10.6. The number of nitrogens with one attached hydrogen (secondary N) is 1. The van der Waals surface area contributed by atoms with Crippen molar-refractivity contribution in [2.45, 2.75) is 31.7 Å². The zero-order valence-corrected chi connectivity index (χ0v) is 14.1. The molecule has 1 heterocycles. The first kappa shape index (κ1) is 17.8. The number of nitrogens with zero attached hydrogens (tertiary/aromatic N) is 1. The topological polar surface area (TPSA) is 68.0 Å². The number of carbonyl (C=O) groups excluding carboxylic acids is 1. The van der Waals surface area contributed by atoms with Crippen LogP contribution in [0.4, 0.5) is 9.52 Å². The van der Waals surface area contributed by atoms with E-state index in [0.29, 0.717) is 16.4 Å². The van der Waals surface area contributed by atoms with Crippen molar-refractivity contribution in [1.29, 1.82) is 0 Å². The summed E-state index contributed by atoms with van der Waals surface area (Å²) >= 11 is 1.35. The predicted molar refractivity (Wildman–Crippen MR) is 93.3 cm³/mol. The normalized spacial score (nSPS) is 20.6. The van der Waals surface area contributed by atoms with E-state index in [-0.39, 0.29) is 36.1 Å². The highest BCUT2D eigenvalue weighted by atomic mass is 35.5. The predicted octanol–water partition coefficient (Wildman–Crippen LogP) is 3.83. The summed E-state index contributed by atoms with van der Waals surface area (Å²) < 4.78 is 13.2. The molecule has 4 nitrogen and oxygen atoms in total. The second-order valence-electron chi connectivity index (χ2n) is 5.66. The lowest BCUT2D eigenvalue weighted by Crippen LogP contribution is -2.34. The van der Waals surface area contributed by atoms with Crippen molar-refractivity contribution >= 4 is 34.8 Å². The molecular formula is C16H19ClFN3OS. The average molecular weight is 356 g/mol. The number of aromatic nitrogens is 1. The van der Waals surface area contributed by atoms with E-state index in [1.165, 1.54) is 23.5 Å². The molecule has 1 fully saturated rings. The molecule has 124 valence electrons. The Hall–Kier alpha value is -1.50. The molecule has 1 aliphatic rings. The highest BCUT2D eigenvalue weighted by Gasteiger charge is 2.25. The number of halogens is 2. The Morgan fingerprint density at radius 2 is 2.22 bits per heavy atom. The van der Waals surface area contributed by atoms with Gasteiger partial charge in [0.05, 0.1) is 5.69 Å². The van der Waals surface area contributed by atoms with Gasteiger partial charge >= 0.3 is 0 Å². The molecule has 1 saturated carbocycles. The fraction of sp³-hybridized carbons (Fsp3) is 0.375. The van der Waals surface area contributed by atoms with Crippen LogP contribution in [0.2, 0.25) is 0 Å². The third-order valence-corrected chi connectivity index (χ3v) is 4.70. The Morgan fingerprint density at radius 3 is 2.96 bits per heavy atom. The summed E-state index contributed by atoms with van der Waals surface area (Å²) in [6.07, 6.45) is 3.59. The fourth-order valence-electron chi connectivity index (χ4n) is 2.78. The van der Waals surface area contributed by atoms with Gasteiger partial charge in [0.15, 0.2) is 5.13 Å². The highest BCUT2D eigenvalue weighted by molar-refractivity contribution is 7.14. The number of thiazole rings is 1. The molecule has 1 aliphatic carbocycles. The lowest BCUT2D eigenvalue weighted by Gasteiger charge is -2.25. The molecule has 2 atom stereocenters. The molecule has 0 radical (unpaired) electrons. The van der Waals surface area contributed by atoms with Crippen LogP contribution in [-0.2, 0) is 4.79 Å². The molecule has 23 heavy (non-hydrogen) atoms. The Labute approximate surface area is 144 Å². The highest BCUT2D eigenvalue weighted by Crippen LogP contribution is 2.28. The summed E-state index contributed by atoms with van der Waals surface area (Å²) in [6, 6.07) is 6.38. The lowest BCUT2D eigenvalue weighted by atomic mass is 9.86. The Morgan fingerprint density at radius 1 is 1.39 bits per heavy atom. The lowest BCUT2D eigenvalue weighted by molar-refractivity contribution is -0.120. The summed E-state index contributed by atoms with van der Waals surface area (Å²) in [5, 5.41) is 5.22. The van der Waals surface area contributed by atoms with E-state index in [1.54, 1.807) is 12.1 Å². The van der Waals surface area contributed by atoms with Crippen LogP contribution in [0.3, 0.4) is 0 Å². The van der Waals surface area contributed by atoms with E-state index in [4.69, 9.17) is 5.73 Å². The number of nitrogens with two attached hydrogens (primary N) is 1. The van der Waals surface area contributed by atoms with Gasteiger partial charge in [-0.3, -0.25) is 4.79 Å². The van der Waals surface area contributed by atoms with Gasteiger partial charge in [0.25, 0.3) is 0 Å². The van der Waals surface area contributed by atoms with Gasteiger partial charge in [-0.25, -0.2) is 9.37 Å². The molecule has 2 unspecified atom stereocenters. The molecule has 0 bridgehead atoms. The van der Waals surface area contributed by atoms with Crippen molar-refractivity contribution in [3.8, 4) is 11.3 Å². The van der Waals surface area contributed by atoms with E-state index < -0.39 is 0 Å². The van der Waals surface area contributed by atoms with Crippen LogP contribution in [0.25, 0.3) is 11.3 Å². The molecule has 0 aliphatic heterocycles. The van der Waals surface area contributed by atoms with Crippen molar-refractivity contribution < 1.29 is 9.18 Å². The fourth-order valence-corrected chi connectivity index (χ4v) is 3.51. The van der Waals surface area contributed by atoms with Crippen LogP contribution in [-0.4, -0.2) is 16.9 Å². The number of hydrogen-bond donors (Lipinski definition) is 2. The largest absolute Gasteiger partial charge is 0.328 e. The zero-order chi connectivity index (χ0) is 15.5. The molecule has 1 aromatic carbocycles. The minimum Gasteiger partial charge on any atom is -0.328 e. The van der Waals surface area contributed by atoms with E-state index in [9.17, 15) is 9.18 Å². The van der Waals surface area contributed by atoms with Crippen molar-refractivity contribution in [3.05, 3.63) is 35.5 Å². The Balaban J connectivity index is 0.00000192. The minimum absolute atomic E-state index is 0. The number of rotatable bonds is 3. The van der Waals surface area contributed by atoms with E-state index >= 15 is 0 Å². The van der Waals surface area contributed by atoms with Crippen LogP contribution in [0.5, 0.6) is 0 Å². The maximum Gasteiger partial charge on any atom is 0.229 e. The Kier molecular flexibility index (Phi) is 6.10. The van der Waals surface area contributed by atoms with Gasteiger partial charge < -0.3 is 11.1 Å². The summed E-state index contributed by atoms with van der Waals surface area (Å²) in [4.78, 5) is 16.6. The first-order valence-electron chi connectivity index (χ1n) is 7.40. The van der Waals surface area contributed by atoms with Crippen molar-refractivity contribution in [2.75, 3.05) is 5.32 Å². The first-order valence-corrected chi connectivity index (χ1v) is 8.27. The molecule has 3 rings (SSSR count). The SMILES string of the molecule is Cl.NC1CCCC(C(=O)Nc2nc(-c3cccc(F)c3)cs2)C1. The number of benzene rings is 1. The third kappa shape index (κ3) is 4.50. The maximum absolute atomic E-state index is 13.2. The van der Waals surface area contributed by atoms with Crippen molar-refractivity contribution in [1.82, 2.24) is 4.98 Å². The van der Waals surface area contributed by atoms with Gasteiger partial charge in [0, 0.05) is 22.9 Å². The molecule has 3 N–H and O–H groups in total. The number of amides is 1. The number of carbonyl (C=O) groups is 1. The van der Waals surface area contributed by atoms with Crippen LogP contribution >= 0.6 is 23.7 Å². The van der Waals surface area contributed by atoms with Gasteiger partial charge in [-0.15, -0.1) is 23.7 Å². The van der Waals surface area contributed by atoms with Crippen LogP contribution in [0.15, 0.2) is 29.6 Å². The second-order valence-corrected chi connectivity index (χ2v) is 6.52. The van der Waals surface area contributed by atoms with Crippen molar-refractivity contribution in [3.63, 3.8) is 0 Å². The molecule has 0 saturated heterocycles. The average Bonchev–Trinajstić information content (AvgIpc) is 2.96. The van der Waals surface area contributed by atoms with Gasteiger partial charge in [-0.1, -0.05) is 18.6 Å². The van der Waals surface area contributed by atoms with Gasteiger partial charge in [0.1, 0.15) is 5.82 Å². The summed E-state index contributed by atoms with van der Waals surface area (Å²) in [6.45, 7) is 0. The second kappa shape index (κ2) is 7.86. The molecule has 0 spiro atoms.